The van der Waals surface area contributed by atoms with Crippen molar-refractivity contribution in [2.75, 3.05) is 18.0 Å². The molecule has 1 saturated heterocycles. The van der Waals surface area contributed by atoms with E-state index in [1.54, 1.807) is 12.4 Å². The van der Waals surface area contributed by atoms with Crippen molar-refractivity contribution < 1.29 is 4.74 Å². The molecule has 1 fully saturated rings. The van der Waals surface area contributed by atoms with Gasteiger partial charge in [0.1, 0.15) is 17.7 Å². The zero-order valence-electron chi connectivity index (χ0n) is 13.3. The fraction of sp³-hybridized carbons (Fsp3) is 0.500. The van der Waals surface area contributed by atoms with Crippen molar-refractivity contribution in [3.8, 4) is 6.01 Å². The molecule has 0 spiro atoms. The molecule has 0 N–H and O–H groups in total. The second-order valence-electron chi connectivity index (χ2n) is 5.92. The van der Waals surface area contributed by atoms with Crippen molar-refractivity contribution in [3.63, 3.8) is 0 Å². The molecule has 0 atom stereocenters. The number of hydrogen-bond acceptors (Lipinski definition) is 6. The largest absolute Gasteiger partial charge is 0.460 e. The second kappa shape index (κ2) is 7.08. The van der Waals surface area contributed by atoms with Crippen molar-refractivity contribution in [1.82, 2.24) is 19.9 Å². The van der Waals surface area contributed by atoms with Crippen LogP contribution in [0.1, 0.15) is 38.4 Å². The van der Waals surface area contributed by atoms with E-state index >= 15 is 0 Å². The van der Waals surface area contributed by atoms with Gasteiger partial charge in [-0.15, -0.1) is 0 Å². The smallest absolute Gasteiger partial charge is 0.316 e. The first-order valence-electron chi connectivity index (χ1n) is 7.84. The molecule has 0 bridgehead atoms. The first-order chi connectivity index (χ1) is 11.1. The number of rotatable bonds is 4. The third-order valence-electron chi connectivity index (χ3n) is 3.81. The summed E-state index contributed by atoms with van der Waals surface area (Å²) < 4.78 is 5.82. The van der Waals surface area contributed by atoms with Gasteiger partial charge in [-0.1, -0.05) is 25.4 Å². The van der Waals surface area contributed by atoms with Gasteiger partial charge in [-0.25, -0.2) is 19.9 Å². The molecule has 3 rings (SSSR count). The number of piperidine rings is 1. The van der Waals surface area contributed by atoms with Gasteiger partial charge in [-0.2, -0.15) is 0 Å². The van der Waals surface area contributed by atoms with Gasteiger partial charge in [0.2, 0.25) is 0 Å². The van der Waals surface area contributed by atoms with Crippen LogP contribution in [0.4, 0.5) is 5.82 Å². The Labute approximate surface area is 140 Å². The van der Waals surface area contributed by atoms with E-state index in [1.165, 1.54) is 0 Å². The summed E-state index contributed by atoms with van der Waals surface area (Å²) in [6.07, 6.45) is 6.88. The van der Waals surface area contributed by atoms with Gasteiger partial charge in [-0.3, -0.25) is 0 Å². The maximum Gasteiger partial charge on any atom is 0.316 e. The summed E-state index contributed by atoms with van der Waals surface area (Å²) in [4.78, 5) is 19.4. The average molecular weight is 334 g/mol. The summed E-state index contributed by atoms with van der Waals surface area (Å²) in [7, 11) is 0. The highest BCUT2D eigenvalue weighted by molar-refractivity contribution is 6.30. The van der Waals surface area contributed by atoms with E-state index < -0.39 is 0 Å². The molecule has 0 unspecified atom stereocenters. The van der Waals surface area contributed by atoms with Gasteiger partial charge in [0.15, 0.2) is 0 Å². The molecule has 6 nitrogen and oxygen atoms in total. The van der Waals surface area contributed by atoms with Gasteiger partial charge in [0, 0.05) is 38.0 Å². The van der Waals surface area contributed by atoms with Gasteiger partial charge < -0.3 is 9.64 Å². The van der Waals surface area contributed by atoms with Crippen molar-refractivity contribution in [3.05, 3.63) is 35.5 Å². The minimum atomic E-state index is 0.124. The minimum Gasteiger partial charge on any atom is -0.460 e. The third kappa shape index (κ3) is 4.07. The van der Waals surface area contributed by atoms with Crippen LogP contribution in [0.3, 0.4) is 0 Å². The Morgan fingerprint density at radius 3 is 2.52 bits per heavy atom. The highest BCUT2D eigenvalue weighted by Crippen LogP contribution is 2.21. The zero-order valence-corrected chi connectivity index (χ0v) is 14.1. The first-order valence-corrected chi connectivity index (χ1v) is 8.21. The molecule has 23 heavy (non-hydrogen) atoms. The van der Waals surface area contributed by atoms with Crippen molar-refractivity contribution in [2.45, 2.75) is 38.7 Å². The number of anilines is 1. The average Bonchev–Trinajstić information content (AvgIpc) is 2.58. The molecule has 2 aromatic rings. The predicted molar refractivity (Wildman–Crippen MR) is 89.0 cm³/mol. The Morgan fingerprint density at radius 2 is 1.87 bits per heavy atom. The van der Waals surface area contributed by atoms with E-state index in [9.17, 15) is 0 Å². The molecular formula is C16H20ClN5O. The van der Waals surface area contributed by atoms with Crippen LogP contribution in [0, 0.1) is 0 Å². The first kappa shape index (κ1) is 15.9. The van der Waals surface area contributed by atoms with E-state index in [1.807, 2.05) is 12.3 Å². The second-order valence-corrected chi connectivity index (χ2v) is 6.35. The molecule has 0 radical (unpaired) electrons. The van der Waals surface area contributed by atoms with Gasteiger partial charge in [0.05, 0.1) is 17.4 Å². The van der Waals surface area contributed by atoms with Crippen LogP contribution < -0.4 is 9.64 Å². The van der Waals surface area contributed by atoms with Crippen LogP contribution in [-0.4, -0.2) is 39.1 Å². The van der Waals surface area contributed by atoms with Crippen molar-refractivity contribution in [1.29, 1.82) is 0 Å². The summed E-state index contributed by atoms with van der Waals surface area (Å²) in [6, 6.07) is 2.35. The number of ether oxygens (including phenoxy) is 1. The van der Waals surface area contributed by atoms with E-state index in [4.69, 9.17) is 16.3 Å². The molecule has 3 heterocycles. The maximum absolute atomic E-state index is 5.82. The Balaban J connectivity index is 1.58. The summed E-state index contributed by atoms with van der Waals surface area (Å²) in [6.45, 7) is 6.00. The van der Waals surface area contributed by atoms with Crippen LogP contribution >= 0.6 is 11.6 Å². The molecule has 0 amide bonds. The number of halogens is 1. The summed E-state index contributed by atoms with van der Waals surface area (Å²) >= 11 is 5.78. The van der Waals surface area contributed by atoms with Crippen LogP contribution in [0.15, 0.2) is 24.7 Å². The minimum absolute atomic E-state index is 0.124. The maximum atomic E-state index is 5.82. The summed E-state index contributed by atoms with van der Waals surface area (Å²) in [5.41, 5.74) is 0. The SMILES string of the molecule is CC(C)c1nccc(N2CCC(Oc3ncc(Cl)cn3)CC2)n1. The molecule has 7 heteroatoms. The van der Waals surface area contributed by atoms with Crippen molar-refractivity contribution in [2.24, 2.45) is 0 Å². The molecule has 1 aliphatic heterocycles. The number of aromatic nitrogens is 4. The third-order valence-corrected chi connectivity index (χ3v) is 4.01. The lowest BCUT2D eigenvalue weighted by molar-refractivity contribution is 0.156. The fourth-order valence-electron chi connectivity index (χ4n) is 2.53. The van der Waals surface area contributed by atoms with Crippen LogP contribution in [0.25, 0.3) is 0 Å². The topological polar surface area (TPSA) is 64.0 Å². The van der Waals surface area contributed by atoms with Gasteiger partial charge in [0.25, 0.3) is 0 Å². The molecule has 0 saturated carbocycles. The van der Waals surface area contributed by atoms with Gasteiger partial charge >= 0.3 is 6.01 Å². The lowest BCUT2D eigenvalue weighted by Crippen LogP contribution is -2.39. The highest BCUT2D eigenvalue weighted by atomic mass is 35.5. The Morgan fingerprint density at radius 1 is 1.17 bits per heavy atom. The monoisotopic (exact) mass is 333 g/mol. The van der Waals surface area contributed by atoms with E-state index in [-0.39, 0.29) is 6.10 Å². The van der Waals surface area contributed by atoms with E-state index in [0.717, 1.165) is 37.6 Å². The van der Waals surface area contributed by atoms with E-state index in [2.05, 4.69) is 38.7 Å². The Hall–Kier alpha value is -1.95. The predicted octanol–water partition coefficient (Wildman–Crippen LogP) is 3.09. The van der Waals surface area contributed by atoms with Gasteiger partial charge in [-0.05, 0) is 6.07 Å². The standard InChI is InChI=1S/C16H20ClN5O/c1-11(2)15-18-6-3-14(21-15)22-7-4-13(5-8-22)23-16-19-9-12(17)10-20-16/h3,6,9-11,13H,4-5,7-8H2,1-2H3. The Bertz CT molecular complexity index is 641. The number of hydrogen-bond donors (Lipinski definition) is 0. The quantitative estimate of drug-likeness (QED) is 0.856. The normalized spacial score (nSPS) is 15.9. The molecule has 2 aromatic heterocycles. The lowest BCUT2D eigenvalue weighted by atomic mass is 10.1. The highest BCUT2D eigenvalue weighted by Gasteiger charge is 2.22. The summed E-state index contributed by atoms with van der Waals surface area (Å²) in [5, 5.41) is 0.511. The van der Waals surface area contributed by atoms with Crippen LogP contribution in [0.2, 0.25) is 5.02 Å². The van der Waals surface area contributed by atoms with Crippen LogP contribution in [0.5, 0.6) is 6.01 Å². The lowest BCUT2D eigenvalue weighted by Gasteiger charge is -2.32. The summed E-state index contributed by atoms with van der Waals surface area (Å²) in [5.74, 6) is 2.21. The Kier molecular flexibility index (Phi) is 4.91. The number of nitrogens with zero attached hydrogens (tertiary/aromatic N) is 5. The van der Waals surface area contributed by atoms with Crippen molar-refractivity contribution >= 4 is 17.4 Å². The molecule has 0 aliphatic carbocycles. The van der Waals surface area contributed by atoms with E-state index in [0.29, 0.717) is 17.0 Å². The zero-order chi connectivity index (χ0) is 16.2. The molecule has 0 aromatic carbocycles. The molecular weight excluding hydrogens is 314 g/mol. The molecule has 122 valence electrons. The molecule has 1 aliphatic rings. The van der Waals surface area contributed by atoms with Crippen LogP contribution in [-0.2, 0) is 0 Å². The fourth-order valence-corrected chi connectivity index (χ4v) is 2.63.